The molecule has 0 saturated heterocycles. The van der Waals surface area contributed by atoms with Gasteiger partial charge in [0.1, 0.15) is 12.4 Å². The Morgan fingerprint density at radius 1 is 1.26 bits per heavy atom. The average molecular weight is 276 g/mol. The highest BCUT2D eigenvalue weighted by atomic mass is 32.1. The molecule has 19 heavy (non-hydrogen) atoms. The molecule has 2 rings (SSSR count). The van der Waals surface area contributed by atoms with Gasteiger partial charge in [0.15, 0.2) is 0 Å². The van der Waals surface area contributed by atoms with Crippen LogP contribution in [0.5, 0.6) is 5.75 Å². The van der Waals surface area contributed by atoms with Gasteiger partial charge in [0.05, 0.1) is 11.4 Å². The lowest BCUT2D eigenvalue weighted by Gasteiger charge is -2.07. The number of amides is 1. The van der Waals surface area contributed by atoms with Gasteiger partial charge in [0.25, 0.3) is 5.91 Å². The molecule has 0 bridgehead atoms. The SMILES string of the molecule is Cc1ccc(C(=O)NCCOc2ccc(N)cc2)s1. The first-order valence-corrected chi connectivity index (χ1v) is 6.80. The zero-order valence-electron chi connectivity index (χ0n) is 10.7. The van der Waals surface area contributed by atoms with E-state index in [0.29, 0.717) is 18.8 Å². The van der Waals surface area contributed by atoms with Crippen molar-refractivity contribution in [1.82, 2.24) is 5.32 Å². The van der Waals surface area contributed by atoms with Crippen molar-refractivity contribution in [3.05, 3.63) is 46.2 Å². The zero-order chi connectivity index (χ0) is 13.7. The number of nitrogens with two attached hydrogens (primary N) is 1. The summed E-state index contributed by atoms with van der Waals surface area (Å²) in [6.45, 7) is 2.88. The second kappa shape index (κ2) is 6.24. The van der Waals surface area contributed by atoms with Crippen molar-refractivity contribution in [3.63, 3.8) is 0 Å². The van der Waals surface area contributed by atoms with Crippen LogP contribution < -0.4 is 15.8 Å². The summed E-state index contributed by atoms with van der Waals surface area (Å²) >= 11 is 1.49. The normalized spacial score (nSPS) is 10.2. The van der Waals surface area contributed by atoms with Gasteiger partial charge in [-0.25, -0.2) is 0 Å². The number of anilines is 1. The summed E-state index contributed by atoms with van der Waals surface area (Å²) in [5.41, 5.74) is 6.28. The van der Waals surface area contributed by atoms with Crippen LogP contribution in [0, 0.1) is 6.92 Å². The molecule has 1 heterocycles. The van der Waals surface area contributed by atoms with E-state index >= 15 is 0 Å². The summed E-state index contributed by atoms with van der Waals surface area (Å²) < 4.78 is 5.49. The van der Waals surface area contributed by atoms with Gasteiger partial charge in [-0.15, -0.1) is 11.3 Å². The van der Waals surface area contributed by atoms with Crippen molar-refractivity contribution < 1.29 is 9.53 Å². The minimum absolute atomic E-state index is 0.0565. The molecular weight excluding hydrogens is 260 g/mol. The molecule has 2 aromatic rings. The molecule has 0 aliphatic rings. The first-order valence-electron chi connectivity index (χ1n) is 5.98. The third-order valence-electron chi connectivity index (χ3n) is 2.50. The number of nitrogens with one attached hydrogen (secondary N) is 1. The molecule has 0 unspecified atom stereocenters. The lowest BCUT2D eigenvalue weighted by molar-refractivity contribution is 0.0951. The van der Waals surface area contributed by atoms with Crippen LogP contribution in [0.3, 0.4) is 0 Å². The largest absolute Gasteiger partial charge is 0.492 e. The predicted molar refractivity (Wildman–Crippen MR) is 77.7 cm³/mol. The number of thiophene rings is 1. The maximum absolute atomic E-state index is 11.7. The number of rotatable bonds is 5. The summed E-state index contributed by atoms with van der Waals surface area (Å²) in [6, 6.07) is 10.9. The Bertz CT molecular complexity index is 549. The van der Waals surface area contributed by atoms with Crippen LogP contribution in [0.4, 0.5) is 5.69 Å². The Balaban J connectivity index is 1.72. The van der Waals surface area contributed by atoms with Crippen LogP contribution in [0.1, 0.15) is 14.5 Å². The summed E-state index contributed by atoms with van der Waals surface area (Å²) in [5.74, 6) is 0.689. The number of nitrogen functional groups attached to an aromatic ring is 1. The molecule has 0 aliphatic carbocycles. The Kier molecular flexibility index (Phi) is 4.41. The van der Waals surface area contributed by atoms with E-state index in [-0.39, 0.29) is 5.91 Å². The molecule has 0 fully saturated rings. The van der Waals surface area contributed by atoms with E-state index in [2.05, 4.69) is 5.32 Å². The Hall–Kier alpha value is -2.01. The third kappa shape index (κ3) is 3.99. The minimum atomic E-state index is -0.0565. The van der Waals surface area contributed by atoms with Gasteiger partial charge in [-0.05, 0) is 43.3 Å². The summed E-state index contributed by atoms with van der Waals surface area (Å²) in [7, 11) is 0. The topological polar surface area (TPSA) is 64.3 Å². The summed E-state index contributed by atoms with van der Waals surface area (Å²) in [5, 5.41) is 2.82. The standard InChI is InChI=1S/C14H16N2O2S/c1-10-2-7-13(19-10)14(17)16-8-9-18-12-5-3-11(15)4-6-12/h2-7H,8-9,15H2,1H3,(H,16,17). The highest BCUT2D eigenvalue weighted by Crippen LogP contribution is 2.15. The van der Waals surface area contributed by atoms with Crippen molar-refractivity contribution in [1.29, 1.82) is 0 Å². The first-order chi connectivity index (χ1) is 9.15. The van der Waals surface area contributed by atoms with Crippen LogP contribution in [0.2, 0.25) is 0 Å². The number of carbonyl (C=O) groups excluding carboxylic acids is 1. The highest BCUT2D eigenvalue weighted by Gasteiger charge is 2.06. The predicted octanol–water partition coefficient (Wildman–Crippen LogP) is 2.45. The van der Waals surface area contributed by atoms with Crippen molar-refractivity contribution in [2.45, 2.75) is 6.92 Å². The molecule has 0 saturated carbocycles. The number of hydrogen-bond donors (Lipinski definition) is 2. The molecule has 1 aromatic carbocycles. The number of benzene rings is 1. The van der Waals surface area contributed by atoms with Gasteiger partial charge < -0.3 is 15.8 Å². The minimum Gasteiger partial charge on any atom is -0.492 e. The monoisotopic (exact) mass is 276 g/mol. The fraction of sp³-hybridized carbons (Fsp3) is 0.214. The molecule has 100 valence electrons. The van der Waals surface area contributed by atoms with Crippen LogP contribution in [-0.4, -0.2) is 19.1 Å². The molecule has 4 nitrogen and oxygen atoms in total. The fourth-order valence-corrected chi connectivity index (χ4v) is 2.33. The van der Waals surface area contributed by atoms with Crippen LogP contribution in [0.25, 0.3) is 0 Å². The molecule has 0 aliphatic heterocycles. The number of ether oxygens (including phenoxy) is 1. The van der Waals surface area contributed by atoms with Gasteiger partial charge in [0, 0.05) is 10.6 Å². The fourth-order valence-electron chi connectivity index (χ4n) is 1.54. The molecule has 0 atom stereocenters. The highest BCUT2D eigenvalue weighted by molar-refractivity contribution is 7.13. The first kappa shape index (κ1) is 13.4. The Morgan fingerprint density at radius 2 is 2.00 bits per heavy atom. The molecule has 5 heteroatoms. The second-order valence-electron chi connectivity index (χ2n) is 4.08. The van der Waals surface area contributed by atoms with Crippen molar-refractivity contribution >= 4 is 22.9 Å². The van der Waals surface area contributed by atoms with Gasteiger partial charge >= 0.3 is 0 Å². The van der Waals surface area contributed by atoms with Gasteiger partial charge in [-0.1, -0.05) is 0 Å². The van der Waals surface area contributed by atoms with Crippen molar-refractivity contribution in [2.75, 3.05) is 18.9 Å². The smallest absolute Gasteiger partial charge is 0.261 e. The lowest BCUT2D eigenvalue weighted by Crippen LogP contribution is -2.27. The molecule has 1 amide bonds. The second-order valence-corrected chi connectivity index (χ2v) is 5.37. The maximum atomic E-state index is 11.7. The quantitative estimate of drug-likeness (QED) is 0.651. The van der Waals surface area contributed by atoms with E-state index < -0.39 is 0 Å². The Labute approximate surface area is 116 Å². The molecule has 1 aromatic heterocycles. The van der Waals surface area contributed by atoms with E-state index in [1.165, 1.54) is 11.3 Å². The number of hydrogen-bond acceptors (Lipinski definition) is 4. The maximum Gasteiger partial charge on any atom is 0.261 e. The summed E-state index contributed by atoms with van der Waals surface area (Å²) in [4.78, 5) is 13.6. The average Bonchev–Trinajstić information content (AvgIpc) is 2.83. The van der Waals surface area contributed by atoms with Crippen molar-refractivity contribution in [3.8, 4) is 5.75 Å². The van der Waals surface area contributed by atoms with E-state index in [9.17, 15) is 4.79 Å². The van der Waals surface area contributed by atoms with Gasteiger partial charge in [0.2, 0.25) is 0 Å². The number of aryl methyl sites for hydroxylation is 1. The number of carbonyl (C=O) groups is 1. The molecule has 3 N–H and O–H groups in total. The van der Waals surface area contributed by atoms with Crippen LogP contribution in [0.15, 0.2) is 36.4 Å². The van der Waals surface area contributed by atoms with E-state index in [4.69, 9.17) is 10.5 Å². The van der Waals surface area contributed by atoms with E-state index in [1.54, 1.807) is 24.3 Å². The van der Waals surface area contributed by atoms with Gasteiger partial charge in [-0.2, -0.15) is 0 Å². The van der Waals surface area contributed by atoms with Crippen LogP contribution >= 0.6 is 11.3 Å². The molecular formula is C14H16N2O2S. The van der Waals surface area contributed by atoms with E-state index in [0.717, 1.165) is 15.5 Å². The Morgan fingerprint density at radius 3 is 2.63 bits per heavy atom. The van der Waals surface area contributed by atoms with Crippen molar-refractivity contribution in [2.24, 2.45) is 0 Å². The van der Waals surface area contributed by atoms with Gasteiger partial charge in [-0.3, -0.25) is 4.79 Å². The lowest BCUT2D eigenvalue weighted by atomic mass is 10.3. The zero-order valence-corrected chi connectivity index (χ0v) is 11.5. The van der Waals surface area contributed by atoms with Crippen LogP contribution in [-0.2, 0) is 0 Å². The summed E-state index contributed by atoms with van der Waals surface area (Å²) in [6.07, 6.45) is 0. The molecule has 0 spiro atoms. The third-order valence-corrected chi connectivity index (χ3v) is 3.50. The molecule has 0 radical (unpaired) electrons. The van der Waals surface area contributed by atoms with E-state index in [1.807, 2.05) is 19.1 Å².